The van der Waals surface area contributed by atoms with Crippen LogP contribution in [0.2, 0.25) is 0 Å². The van der Waals surface area contributed by atoms with E-state index < -0.39 is 11.9 Å². The second-order valence-electron chi connectivity index (χ2n) is 7.94. The number of rotatable bonds is 5. The minimum atomic E-state index is -1.35. The third-order valence-electron chi connectivity index (χ3n) is 5.79. The van der Waals surface area contributed by atoms with Gasteiger partial charge in [0.15, 0.2) is 5.82 Å². The molecular weight excluding hydrogens is 417 g/mol. The second-order valence-corrected chi connectivity index (χ2v) is 7.94. The van der Waals surface area contributed by atoms with Gasteiger partial charge >= 0.3 is 12.1 Å². The molecule has 0 bridgehead atoms. The SMILES string of the molecule is O=C(O)Nc1ccc(Oc2ccnc(NC(=O)N3CCC(N4CCCC4)CC3)c2)cc1F. The molecule has 2 fully saturated rings. The number of amides is 3. The molecule has 3 heterocycles. The fourth-order valence-corrected chi connectivity index (χ4v) is 4.18. The smallest absolute Gasteiger partial charge is 0.409 e. The average Bonchev–Trinajstić information content (AvgIpc) is 3.31. The molecule has 0 atom stereocenters. The van der Waals surface area contributed by atoms with E-state index in [1.165, 1.54) is 31.2 Å². The molecule has 32 heavy (non-hydrogen) atoms. The van der Waals surface area contributed by atoms with Gasteiger partial charge in [0, 0.05) is 37.5 Å². The number of halogens is 1. The molecule has 1 aromatic carbocycles. The highest BCUT2D eigenvalue weighted by molar-refractivity contribution is 5.88. The van der Waals surface area contributed by atoms with Crippen molar-refractivity contribution in [2.75, 3.05) is 36.8 Å². The van der Waals surface area contributed by atoms with Crippen LogP contribution in [-0.2, 0) is 0 Å². The summed E-state index contributed by atoms with van der Waals surface area (Å²) in [6.45, 7) is 3.74. The molecule has 3 amide bonds. The second kappa shape index (κ2) is 9.82. The number of aromatic nitrogens is 1. The summed E-state index contributed by atoms with van der Waals surface area (Å²) in [5.41, 5.74) is -0.166. The average molecular weight is 443 g/mol. The highest BCUT2D eigenvalue weighted by Gasteiger charge is 2.28. The van der Waals surface area contributed by atoms with Gasteiger partial charge in [-0.25, -0.2) is 19.0 Å². The summed E-state index contributed by atoms with van der Waals surface area (Å²) in [7, 11) is 0. The molecular formula is C22H26FN5O4. The summed E-state index contributed by atoms with van der Waals surface area (Å²) in [5.74, 6) is 0.121. The van der Waals surface area contributed by atoms with E-state index in [4.69, 9.17) is 9.84 Å². The Hall–Kier alpha value is -3.40. The van der Waals surface area contributed by atoms with E-state index in [1.807, 2.05) is 5.32 Å². The van der Waals surface area contributed by atoms with Crippen LogP contribution in [0.3, 0.4) is 0 Å². The summed E-state index contributed by atoms with van der Waals surface area (Å²) < 4.78 is 19.6. The summed E-state index contributed by atoms with van der Waals surface area (Å²) in [5, 5.41) is 13.5. The Labute approximate surface area is 185 Å². The first-order chi connectivity index (χ1) is 15.5. The normalized spacial score (nSPS) is 17.2. The van der Waals surface area contributed by atoms with Crippen molar-refractivity contribution in [1.29, 1.82) is 0 Å². The molecule has 0 unspecified atom stereocenters. The van der Waals surface area contributed by atoms with Crippen LogP contribution in [0.15, 0.2) is 36.5 Å². The van der Waals surface area contributed by atoms with Crippen LogP contribution >= 0.6 is 0 Å². The lowest BCUT2D eigenvalue weighted by molar-refractivity contribution is 0.140. The first-order valence-electron chi connectivity index (χ1n) is 10.7. The van der Waals surface area contributed by atoms with Gasteiger partial charge in [0.05, 0.1) is 5.69 Å². The number of anilines is 2. The van der Waals surface area contributed by atoms with Crippen molar-refractivity contribution < 1.29 is 23.8 Å². The molecule has 2 saturated heterocycles. The quantitative estimate of drug-likeness (QED) is 0.640. The van der Waals surface area contributed by atoms with Crippen LogP contribution in [0, 0.1) is 5.82 Å². The fourth-order valence-electron chi connectivity index (χ4n) is 4.18. The Kier molecular flexibility index (Phi) is 6.69. The van der Waals surface area contributed by atoms with Gasteiger partial charge in [-0.1, -0.05) is 0 Å². The molecule has 2 aromatic rings. The zero-order chi connectivity index (χ0) is 22.5. The lowest BCUT2D eigenvalue weighted by Gasteiger charge is -2.36. The highest BCUT2D eigenvalue weighted by Crippen LogP contribution is 2.27. The van der Waals surface area contributed by atoms with E-state index in [9.17, 15) is 14.0 Å². The third-order valence-corrected chi connectivity index (χ3v) is 5.79. The maximum Gasteiger partial charge on any atom is 0.409 e. The van der Waals surface area contributed by atoms with Gasteiger partial charge in [0.25, 0.3) is 0 Å². The number of carboxylic acid groups (broad SMARTS) is 1. The topological polar surface area (TPSA) is 107 Å². The Balaban J connectivity index is 1.32. The number of nitrogens with zero attached hydrogens (tertiary/aromatic N) is 3. The number of hydrogen-bond donors (Lipinski definition) is 3. The van der Waals surface area contributed by atoms with Crippen molar-refractivity contribution in [3.63, 3.8) is 0 Å². The number of likely N-dealkylation sites (tertiary alicyclic amines) is 2. The van der Waals surface area contributed by atoms with Crippen LogP contribution < -0.4 is 15.4 Å². The minimum Gasteiger partial charge on any atom is -0.465 e. The number of carbonyl (C=O) groups excluding carboxylic acids is 1. The molecule has 0 spiro atoms. The van der Waals surface area contributed by atoms with Gasteiger partial charge in [0.1, 0.15) is 17.3 Å². The van der Waals surface area contributed by atoms with Crippen molar-refractivity contribution in [1.82, 2.24) is 14.8 Å². The van der Waals surface area contributed by atoms with E-state index in [0.717, 1.165) is 32.0 Å². The number of carbonyl (C=O) groups is 2. The molecule has 1 aromatic heterocycles. The number of nitrogens with one attached hydrogen (secondary N) is 2. The largest absolute Gasteiger partial charge is 0.465 e. The van der Waals surface area contributed by atoms with E-state index in [0.29, 0.717) is 30.7 Å². The molecule has 170 valence electrons. The standard InChI is InChI=1S/C22H26FN5O4/c23-18-13-16(3-4-19(18)25-22(30)31)32-17-5-8-24-20(14-17)26-21(29)28-11-6-15(7-12-28)27-9-1-2-10-27/h3-5,8,13-15,25H,1-2,6-7,9-12H2,(H,30,31)(H,24,26,29). The molecule has 2 aliphatic rings. The van der Waals surface area contributed by atoms with Gasteiger partial charge in [-0.05, 0) is 57.0 Å². The van der Waals surface area contributed by atoms with E-state index in [-0.39, 0.29) is 17.5 Å². The van der Waals surface area contributed by atoms with Gasteiger partial charge < -0.3 is 19.6 Å². The van der Waals surface area contributed by atoms with Crippen LogP contribution in [0.4, 0.5) is 25.5 Å². The Morgan fingerprint density at radius 3 is 2.44 bits per heavy atom. The number of pyridine rings is 1. The van der Waals surface area contributed by atoms with Crippen molar-refractivity contribution >= 4 is 23.6 Å². The molecule has 0 saturated carbocycles. The summed E-state index contributed by atoms with van der Waals surface area (Å²) >= 11 is 0. The summed E-state index contributed by atoms with van der Waals surface area (Å²) in [4.78, 5) is 31.8. The van der Waals surface area contributed by atoms with E-state index >= 15 is 0 Å². The maximum absolute atomic E-state index is 14.0. The van der Waals surface area contributed by atoms with Crippen molar-refractivity contribution in [3.8, 4) is 11.5 Å². The van der Waals surface area contributed by atoms with Crippen LogP contribution in [-0.4, -0.2) is 64.2 Å². The summed E-state index contributed by atoms with van der Waals surface area (Å²) in [6.07, 6.45) is 4.61. The molecule has 4 rings (SSSR count). The van der Waals surface area contributed by atoms with E-state index in [2.05, 4.69) is 15.2 Å². The maximum atomic E-state index is 14.0. The number of ether oxygens (including phenoxy) is 1. The molecule has 0 radical (unpaired) electrons. The zero-order valence-corrected chi connectivity index (χ0v) is 17.6. The molecule has 3 N–H and O–H groups in total. The molecule has 0 aliphatic carbocycles. The van der Waals surface area contributed by atoms with Crippen molar-refractivity contribution in [2.45, 2.75) is 31.7 Å². The van der Waals surface area contributed by atoms with Gasteiger partial charge in [0.2, 0.25) is 0 Å². The summed E-state index contributed by atoms with van der Waals surface area (Å²) in [6, 6.07) is 7.29. The Bertz CT molecular complexity index is 975. The predicted molar refractivity (Wildman–Crippen MR) is 117 cm³/mol. The number of piperidine rings is 1. The van der Waals surface area contributed by atoms with Gasteiger partial charge in [-0.15, -0.1) is 0 Å². The highest BCUT2D eigenvalue weighted by atomic mass is 19.1. The van der Waals surface area contributed by atoms with Crippen LogP contribution in [0.1, 0.15) is 25.7 Å². The molecule has 10 heteroatoms. The first kappa shape index (κ1) is 21.8. The van der Waals surface area contributed by atoms with Gasteiger partial charge in [-0.3, -0.25) is 10.6 Å². The Morgan fingerprint density at radius 1 is 1.03 bits per heavy atom. The van der Waals surface area contributed by atoms with Crippen LogP contribution in [0.5, 0.6) is 11.5 Å². The van der Waals surface area contributed by atoms with Crippen molar-refractivity contribution in [2.24, 2.45) is 0 Å². The van der Waals surface area contributed by atoms with E-state index in [1.54, 1.807) is 17.0 Å². The third kappa shape index (κ3) is 5.44. The molecule has 9 nitrogen and oxygen atoms in total. The van der Waals surface area contributed by atoms with Crippen molar-refractivity contribution in [3.05, 3.63) is 42.3 Å². The minimum absolute atomic E-state index is 0.166. The Morgan fingerprint density at radius 2 is 1.75 bits per heavy atom. The lowest BCUT2D eigenvalue weighted by Crippen LogP contribution is -2.47. The monoisotopic (exact) mass is 443 g/mol. The van der Waals surface area contributed by atoms with Crippen LogP contribution in [0.25, 0.3) is 0 Å². The molecule has 2 aliphatic heterocycles. The van der Waals surface area contributed by atoms with Gasteiger partial charge in [-0.2, -0.15) is 0 Å². The fraction of sp³-hybridized carbons (Fsp3) is 0.409. The number of urea groups is 1. The zero-order valence-electron chi connectivity index (χ0n) is 17.6. The lowest BCUT2D eigenvalue weighted by atomic mass is 10.0. The number of benzene rings is 1. The first-order valence-corrected chi connectivity index (χ1v) is 10.7. The number of hydrogen-bond acceptors (Lipinski definition) is 5. The predicted octanol–water partition coefficient (Wildman–Crippen LogP) is 4.20.